The minimum absolute atomic E-state index is 0. The van der Waals surface area contributed by atoms with Gasteiger partial charge in [-0.25, -0.2) is 0 Å². The average molecular weight is 364 g/mol. The largest absolute Gasteiger partial charge is 1.00 e. The van der Waals surface area contributed by atoms with Crippen molar-refractivity contribution in [3.63, 3.8) is 0 Å². The molecule has 0 saturated carbocycles. The quantitative estimate of drug-likeness (QED) is 0.309. The van der Waals surface area contributed by atoms with E-state index in [1.165, 1.54) is 101 Å². The SMILES string of the molecule is CCCCC[N+](CCCC)(CCCCC)CCCCC.[Br-]. The van der Waals surface area contributed by atoms with Gasteiger partial charge in [-0.05, 0) is 44.9 Å². The van der Waals surface area contributed by atoms with Crippen LogP contribution >= 0.6 is 0 Å². The zero-order chi connectivity index (χ0) is 15.1. The van der Waals surface area contributed by atoms with Crippen LogP contribution in [0.1, 0.15) is 98.3 Å². The molecule has 0 N–H and O–H groups in total. The zero-order valence-electron chi connectivity index (χ0n) is 15.4. The summed E-state index contributed by atoms with van der Waals surface area (Å²) >= 11 is 0. The minimum atomic E-state index is 0. The molecule has 0 atom stereocenters. The highest BCUT2D eigenvalue weighted by molar-refractivity contribution is 4.51. The van der Waals surface area contributed by atoms with Gasteiger partial charge in [0.1, 0.15) is 0 Å². The average Bonchev–Trinajstić information content (AvgIpc) is 2.46. The maximum absolute atomic E-state index is 2.35. The molecule has 0 bridgehead atoms. The first kappa shape index (κ1) is 23.7. The molecular weight excluding hydrogens is 322 g/mol. The van der Waals surface area contributed by atoms with Gasteiger partial charge in [-0.1, -0.05) is 53.4 Å². The standard InChI is InChI=1S/C19H42N.BrH/c1-5-9-13-17-20(16-12-8-4,18-14-10-6-2)19-15-11-7-3;/h5-19H2,1-4H3;1H/q+1;/p-1. The predicted octanol–water partition coefficient (Wildman–Crippen LogP) is 3.18. The monoisotopic (exact) mass is 363 g/mol. The van der Waals surface area contributed by atoms with E-state index < -0.39 is 0 Å². The summed E-state index contributed by atoms with van der Waals surface area (Å²) < 4.78 is 1.44. The van der Waals surface area contributed by atoms with E-state index in [9.17, 15) is 0 Å². The lowest BCUT2D eigenvalue weighted by Crippen LogP contribution is -3.00. The van der Waals surface area contributed by atoms with Crippen LogP contribution in [0.2, 0.25) is 0 Å². The van der Waals surface area contributed by atoms with Crippen molar-refractivity contribution < 1.29 is 21.5 Å². The fourth-order valence-electron chi connectivity index (χ4n) is 3.26. The molecule has 0 rings (SSSR count). The Hall–Kier alpha value is 0.440. The second-order valence-electron chi connectivity index (χ2n) is 6.71. The number of hydrogen-bond acceptors (Lipinski definition) is 0. The van der Waals surface area contributed by atoms with E-state index in [1.54, 1.807) is 0 Å². The van der Waals surface area contributed by atoms with E-state index >= 15 is 0 Å². The third-order valence-electron chi connectivity index (χ3n) is 4.69. The number of halogens is 1. The van der Waals surface area contributed by atoms with Crippen LogP contribution in [0.3, 0.4) is 0 Å². The molecule has 0 heterocycles. The molecule has 2 heteroatoms. The number of nitrogens with zero attached hydrogens (tertiary/aromatic N) is 1. The lowest BCUT2D eigenvalue weighted by atomic mass is 10.1. The summed E-state index contributed by atoms with van der Waals surface area (Å²) in [6.45, 7) is 15.1. The maximum Gasteiger partial charge on any atom is 0.0786 e. The Labute approximate surface area is 146 Å². The van der Waals surface area contributed by atoms with Crippen molar-refractivity contribution in [2.24, 2.45) is 0 Å². The summed E-state index contributed by atoms with van der Waals surface area (Å²) in [5.74, 6) is 0. The molecule has 0 aliphatic carbocycles. The first-order chi connectivity index (χ1) is 9.74. The summed E-state index contributed by atoms with van der Waals surface area (Å²) in [6, 6.07) is 0. The molecule has 0 aliphatic rings. The Morgan fingerprint density at radius 3 is 1.00 bits per heavy atom. The van der Waals surface area contributed by atoms with Gasteiger partial charge in [0.25, 0.3) is 0 Å². The summed E-state index contributed by atoms with van der Waals surface area (Å²) in [7, 11) is 0. The summed E-state index contributed by atoms with van der Waals surface area (Å²) in [5.41, 5.74) is 0. The van der Waals surface area contributed by atoms with Gasteiger partial charge in [-0.3, -0.25) is 0 Å². The van der Waals surface area contributed by atoms with E-state index in [4.69, 9.17) is 0 Å². The van der Waals surface area contributed by atoms with Crippen LogP contribution in [-0.4, -0.2) is 30.7 Å². The normalized spacial score (nSPS) is 11.4. The van der Waals surface area contributed by atoms with Crippen LogP contribution in [-0.2, 0) is 0 Å². The van der Waals surface area contributed by atoms with Crippen molar-refractivity contribution in [2.45, 2.75) is 98.3 Å². The van der Waals surface area contributed by atoms with E-state index in [2.05, 4.69) is 27.7 Å². The predicted molar refractivity (Wildman–Crippen MR) is 93.2 cm³/mol. The molecule has 0 amide bonds. The first-order valence-electron chi connectivity index (χ1n) is 9.59. The van der Waals surface area contributed by atoms with Crippen molar-refractivity contribution in [2.75, 3.05) is 26.2 Å². The minimum Gasteiger partial charge on any atom is -1.00 e. The molecule has 0 aromatic rings. The Kier molecular flexibility index (Phi) is 19.0. The van der Waals surface area contributed by atoms with Gasteiger partial charge in [0.15, 0.2) is 0 Å². The molecular formula is C19H42BrN. The third kappa shape index (κ3) is 12.6. The van der Waals surface area contributed by atoms with Crippen LogP contribution in [0.4, 0.5) is 0 Å². The van der Waals surface area contributed by atoms with Gasteiger partial charge >= 0.3 is 0 Å². The van der Waals surface area contributed by atoms with Crippen LogP contribution in [0.5, 0.6) is 0 Å². The Balaban J connectivity index is 0. The van der Waals surface area contributed by atoms with E-state index in [-0.39, 0.29) is 17.0 Å². The van der Waals surface area contributed by atoms with Crippen molar-refractivity contribution in [3.8, 4) is 0 Å². The highest BCUT2D eigenvalue weighted by Crippen LogP contribution is 2.17. The second kappa shape index (κ2) is 16.8. The molecule has 0 radical (unpaired) electrons. The molecule has 0 aliphatic heterocycles. The Morgan fingerprint density at radius 1 is 0.429 bits per heavy atom. The molecule has 0 fully saturated rings. The van der Waals surface area contributed by atoms with Crippen LogP contribution < -0.4 is 17.0 Å². The van der Waals surface area contributed by atoms with E-state index in [1.807, 2.05) is 0 Å². The summed E-state index contributed by atoms with van der Waals surface area (Å²) in [6.07, 6.45) is 15.5. The molecule has 0 aromatic heterocycles. The Morgan fingerprint density at radius 2 is 0.714 bits per heavy atom. The van der Waals surface area contributed by atoms with Crippen molar-refractivity contribution in [1.29, 1.82) is 0 Å². The van der Waals surface area contributed by atoms with Gasteiger partial charge in [-0.2, -0.15) is 0 Å². The van der Waals surface area contributed by atoms with Crippen molar-refractivity contribution in [1.82, 2.24) is 0 Å². The van der Waals surface area contributed by atoms with Gasteiger partial charge in [-0.15, -0.1) is 0 Å². The van der Waals surface area contributed by atoms with E-state index in [0.717, 1.165) is 0 Å². The third-order valence-corrected chi connectivity index (χ3v) is 4.69. The number of hydrogen-bond donors (Lipinski definition) is 0. The van der Waals surface area contributed by atoms with Crippen molar-refractivity contribution >= 4 is 0 Å². The molecule has 130 valence electrons. The lowest BCUT2D eigenvalue weighted by molar-refractivity contribution is -0.929. The Bertz CT molecular complexity index is 167. The number of unbranched alkanes of at least 4 members (excludes halogenated alkanes) is 7. The van der Waals surface area contributed by atoms with Crippen molar-refractivity contribution in [3.05, 3.63) is 0 Å². The maximum atomic E-state index is 2.35. The van der Waals surface area contributed by atoms with Gasteiger partial charge in [0.2, 0.25) is 0 Å². The smallest absolute Gasteiger partial charge is 0.0786 e. The molecule has 0 aromatic carbocycles. The summed E-state index contributed by atoms with van der Waals surface area (Å²) in [5, 5.41) is 0. The second-order valence-corrected chi connectivity index (χ2v) is 6.71. The summed E-state index contributed by atoms with van der Waals surface area (Å²) in [4.78, 5) is 0. The highest BCUT2D eigenvalue weighted by atomic mass is 79.9. The molecule has 21 heavy (non-hydrogen) atoms. The topological polar surface area (TPSA) is 0 Å². The first-order valence-corrected chi connectivity index (χ1v) is 9.59. The lowest BCUT2D eigenvalue weighted by Gasteiger charge is -2.39. The number of rotatable bonds is 15. The fraction of sp³-hybridized carbons (Fsp3) is 1.00. The highest BCUT2D eigenvalue weighted by Gasteiger charge is 2.25. The molecule has 0 saturated heterocycles. The fourth-order valence-corrected chi connectivity index (χ4v) is 3.26. The molecule has 0 spiro atoms. The van der Waals surface area contributed by atoms with Crippen LogP contribution in [0, 0.1) is 0 Å². The number of quaternary nitrogens is 1. The molecule has 1 nitrogen and oxygen atoms in total. The van der Waals surface area contributed by atoms with Crippen LogP contribution in [0.25, 0.3) is 0 Å². The van der Waals surface area contributed by atoms with Gasteiger partial charge in [0, 0.05) is 0 Å². The zero-order valence-corrected chi connectivity index (χ0v) is 17.0. The van der Waals surface area contributed by atoms with Gasteiger partial charge < -0.3 is 21.5 Å². The van der Waals surface area contributed by atoms with Gasteiger partial charge in [0.05, 0.1) is 26.2 Å². The van der Waals surface area contributed by atoms with Crippen LogP contribution in [0.15, 0.2) is 0 Å². The molecule has 0 unspecified atom stereocenters. The van der Waals surface area contributed by atoms with E-state index in [0.29, 0.717) is 0 Å².